The van der Waals surface area contributed by atoms with Crippen molar-refractivity contribution in [2.45, 2.75) is 13.0 Å². The van der Waals surface area contributed by atoms with Crippen LogP contribution in [-0.4, -0.2) is 24.9 Å². The van der Waals surface area contributed by atoms with Crippen LogP contribution in [0.25, 0.3) is 0 Å². The van der Waals surface area contributed by atoms with Crippen molar-refractivity contribution in [2.24, 2.45) is 0 Å². The third kappa shape index (κ3) is 4.57. The fraction of sp³-hybridized carbons (Fsp3) is 0.160. The van der Waals surface area contributed by atoms with Crippen LogP contribution in [0.5, 0.6) is 5.75 Å². The normalized spacial score (nSPS) is 12.0. The highest BCUT2D eigenvalue weighted by atomic mass is 16.5. The van der Waals surface area contributed by atoms with Crippen molar-refractivity contribution >= 4 is 17.5 Å². The van der Waals surface area contributed by atoms with E-state index in [0.29, 0.717) is 23.4 Å². The standard InChI is InChI=1S/C25H21N3O3/c26-15-20-7-1-2-8-21(20)17-31-22-10-5-9-19(14-22)25(30)27-16-24(29)28-13-12-18-6-3-4-11-23(18)28/h1-11,14H,12-13,16-17H2,(H,27,30). The fourth-order valence-electron chi connectivity index (χ4n) is 3.59. The lowest BCUT2D eigenvalue weighted by molar-refractivity contribution is -0.117. The van der Waals surface area contributed by atoms with Crippen LogP contribution in [0.4, 0.5) is 5.69 Å². The predicted octanol–water partition coefficient (Wildman–Crippen LogP) is 3.46. The van der Waals surface area contributed by atoms with Gasteiger partial charge in [-0.1, -0.05) is 42.5 Å². The van der Waals surface area contributed by atoms with Gasteiger partial charge in [-0.3, -0.25) is 9.59 Å². The molecule has 3 aromatic rings. The SMILES string of the molecule is N#Cc1ccccc1COc1cccc(C(=O)NCC(=O)N2CCc3ccccc32)c1. The number of anilines is 1. The van der Waals surface area contributed by atoms with Crippen molar-refractivity contribution in [3.8, 4) is 11.8 Å². The van der Waals surface area contributed by atoms with Crippen LogP contribution in [0.2, 0.25) is 0 Å². The van der Waals surface area contributed by atoms with Crippen molar-refractivity contribution in [1.29, 1.82) is 5.26 Å². The monoisotopic (exact) mass is 411 g/mol. The average Bonchev–Trinajstić information content (AvgIpc) is 3.25. The molecule has 0 atom stereocenters. The second-order valence-corrected chi connectivity index (χ2v) is 7.19. The third-order valence-corrected chi connectivity index (χ3v) is 5.22. The highest BCUT2D eigenvalue weighted by Gasteiger charge is 2.24. The van der Waals surface area contributed by atoms with Crippen molar-refractivity contribution in [1.82, 2.24) is 5.32 Å². The second-order valence-electron chi connectivity index (χ2n) is 7.19. The van der Waals surface area contributed by atoms with Crippen molar-refractivity contribution < 1.29 is 14.3 Å². The van der Waals surface area contributed by atoms with Gasteiger partial charge in [0.2, 0.25) is 5.91 Å². The molecule has 6 heteroatoms. The molecule has 1 heterocycles. The Morgan fingerprint density at radius 3 is 2.71 bits per heavy atom. The minimum atomic E-state index is -0.344. The van der Waals surface area contributed by atoms with Crippen LogP contribution in [0.1, 0.15) is 27.0 Å². The number of amides is 2. The Labute approximate surface area is 180 Å². The molecule has 0 unspecified atom stereocenters. The van der Waals surface area contributed by atoms with Gasteiger partial charge in [0.25, 0.3) is 5.91 Å². The molecule has 0 bridgehead atoms. The lowest BCUT2D eigenvalue weighted by atomic mass is 10.1. The van der Waals surface area contributed by atoms with Crippen molar-refractivity contribution in [3.63, 3.8) is 0 Å². The van der Waals surface area contributed by atoms with E-state index in [1.807, 2.05) is 36.4 Å². The van der Waals surface area contributed by atoms with E-state index in [1.54, 1.807) is 41.3 Å². The Bertz CT molecular complexity index is 1170. The number of para-hydroxylation sites is 1. The van der Waals surface area contributed by atoms with E-state index in [2.05, 4.69) is 11.4 Å². The highest BCUT2D eigenvalue weighted by molar-refractivity contribution is 6.01. The summed E-state index contributed by atoms with van der Waals surface area (Å²) in [7, 11) is 0. The van der Waals surface area contributed by atoms with Gasteiger partial charge >= 0.3 is 0 Å². The lowest BCUT2D eigenvalue weighted by Gasteiger charge is -2.17. The van der Waals surface area contributed by atoms with Gasteiger partial charge in [0.1, 0.15) is 12.4 Å². The number of carbonyl (C=O) groups is 2. The van der Waals surface area contributed by atoms with Crippen LogP contribution in [0.15, 0.2) is 72.8 Å². The molecule has 0 saturated heterocycles. The summed E-state index contributed by atoms with van der Waals surface area (Å²) in [5.41, 5.74) is 3.79. The van der Waals surface area contributed by atoms with E-state index in [4.69, 9.17) is 4.74 Å². The maximum absolute atomic E-state index is 12.6. The molecule has 0 aliphatic carbocycles. The molecular weight excluding hydrogens is 390 g/mol. The van der Waals surface area contributed by atoms with Gasteiger partial charge in [0.15, 0.2) is 0 Å². The van der Waals surface area contributed by atoms with E-state index < -0.39 is 0 Å². The number of nitrogens with one attached hydrogen (secondary N) is 1. The highest BCUT2D eigenvalue weighted by Crippen LogP contribution is 2.27. The molecule has 31 heavy (non-hydrogen) atoms. The lowest BCUT2D eigenvalue weighted by Crippen LogP contribution is -2.39. The summed E-state index contributed by atoms with van der Waals surface area (Å²) < 4.78 is 5.77. The van der Waals surface area contributed by atoms with Crippen LogP contribution in [0, 0.1) is 11.3 Å². The number of ether oxygens (including phenoxy) is 1. The predicted molar refractivity (Wildman–Crippen MR) is 117 cm³/mol. The number of hydrogen-bond donors (Lipinski definition) is 1. The first kappa shape index (κ1) is 20.2. The largest absolute Gasteiger partial charge is 0.489 e. The molecule has 2 amide bonds. The molecule has 0 fully saturated rings. The summed E-state index contributed by atoms with van der Waals surface area (Å²) >= 11 is 0. The molecule has 0 spiro atoms. The minimum absolute atomic E-state index is 0.0756. The Kier molecular flexibility index (Phi) is 5.95. The molecule has 0 radical (unpaired) electrons. The van der Waals surface area contributed by atoms with E-state index in [0.717, 1.165) is 23.2 Å². The van der Waals surface area contributed by atoms with E-state index >= 15 is 0 Å². The summed E-state index contributed by atoms with van der Waals surface area (Å²) in [6, 6.07) is 23.9. The first-order valence-electron chi connectivity index (χ1n) is 10.0. The Hall–Kier alpha value is -4.11. The van der Waals surface area contributed by atoms with Crippen molar-refractivity contribution in [3.05, 3.63) is 95.1 Å². The van der Waals surface area contributed by atoms with Gasteiger partial charge in [0, 0.05) is 23.4 Å². The zero-order valence-corrected chi connectivity index (χ0v) is 16.9. The smallest absolute Gasteiger partial charge is 0.251 e. The molecule has 154 valence electrons. The average molecular weight is 411 g/mol. The first-order valence-corrected chi connectivity index (χ1v) is 10.0. The summed E-state index contributed by atoms with van der Waals surface area (Å²) in [6.07, 6.45) is 0.824. The summed E-state index contributed by atoms with van der Waals surface area (Å²) in [4.78, 5) is 26.9. The molecule has 0 saturated carbocycles. The topological polar surface area (TPSA) is 82.4 Å². The first-order chi connectivity index (χ1) is 15.2. The molecule has 1 aliphatic rings. The number of hydrogen-bond acceptors (Lipinski definition) is 4. The van der Waals surface area contributed by atoms with E-state index in [-0.39, 0.29) is 25.0 Å². The van der Waals surface area contributed by atoms with Gasteiger partial charge in [0.05, 0.1) is 18.2 Å². The number of rotatable bonds is 6. The number of fused-ring (bicyclic) bond motifs is 1. The zero-order valence-electron chi connectivity index (χ0n) is 16.9. The minimum Gasteiger partial charge on any atom is -0.489 e. The Morgan fingerprint density at radius 1 is 1.03 bits per heavy atom. The number of nitriles is 1. The maximum Gasteiger partial charge on any atom is 0.251 e. The van der Waals surface area contributed by atoms with Gasteiger partial charge in [-0.05, 0) is 42.3 Å². The Morgan fingerprint density at radius 2 is 1.84 bits per heavy atom. The summed E-state index contributed by atoms with van der Waals surface area (Å²) in [5.74, 6) is 0.0303. The molecule has 1 N–H and O–H groups in total. The van der Waals surface area contributed by atoms with Crippen LogP contribution < -0.4 is 15.0 Å². The molecule has 4 rings (SSSR count). The quantitative estimate of drug-likeness (QED) is 0.674. The van der Waals surface area contributed by atoms with Crippen LogP contribution >= 0.6 is 0 Å². The molecule has 6 nitrogen and oxygen atoms in total. The summed E-state index contributed by atoms with van der Waals surface area (Å²) in [5, 5.41) is 11.9. The Balaban J connectivity index is 1.35. The van der Waals surface area contributed by atoms with Crippen LogP contribution in [0.3, 0.4) is 0 Å². The van der Waals surface area contributed by atoms with Gasteiger partial charge in [-0.25, -0.2) is 0 Å². The number of nitrogens with zero attached hydrogens (tertiary/aromatic N) is 2. The van der Waals surface area contributed by atoms with Gasteiger partial charge < -0.3 is 15.0 Å². The molecule has 3 aromatic carbocycles. The van der Waals surface area contributed by atoms with Gasteiger partial charge in [-0.2, -0.15) is 5.26 Å². The molecule has 1 aliphatic heterocycles. The zero-order chi connectivity index (χ0) is 21.6. The second kappa shape index (κ2) is 9.14. The van der Waals surface area contributed by atoms with E-state index in [1.165, 1.54) is 0 Å². The summed E-state index contributed by atoms with van der Waals surface area (Å²) in [6.45, 7) is 0.775. The van der Waals surface area contributed by atoms with E-state index in [9.17, 15) is 14.9 Å². The van der Waals surface area contributed by atoms with Gasteiger partial charge in [-0.15, -0.1) is 0 Å². The maximum atomic E-state index is 12.6. The van der Waals surface area contributed by atoms with Crippen molar-refractivity contribution in [2.75, 3.05) is 18.0 Å². The third-order valence-electron chi connectivity index (χ3n) is 5.22. The van der Waals surface area contributed by atoms with Crippen LogP contribution in [-0.2, 0) is 17.8 Å². The fourth-order valence-corrected chi connectivity index (χ4v) is 3.59. The molecular formula is C25H21N3O3. The molecule has 0 aromatic heterocycles. The number of benzene rings is 3. The number of carbonyl (C=O) groups excluding carboxylic acids is 2.